The van der Waals surface area contributed by atoms with Crippen LogP contribution in [0.15, 0.2) is 42.6 Å². The minimum atomic E-state index is -0.0939. The lowest BCUT2D eigenvalue weighted by atomic mass is 10.1. The van der Waals surface area contributed by atoms with Gasteiger partial charge in [-0.3, -0.25) is 4.79 Å². The Kier molecular flexibility index (Phi) is 6.10. The van der Waals surface area contributed by atoms with Crippen molar-refractivity contribution in [1.82, 2.24) is 4.98 Å². The lowest BCUT2D eigenvalue weighted by Crippen LogP contribution is -2.23. The highest BCUT2D eigenvalue weighted by Gasteiger charge is 2.18. The Hall–Kier alpha value is -2.56. The van der Waals surface area contributed by atoms with Gasteiger partial charge in [0.15, 0.2) is 5.82 Å². The van der Waals surface area contributed by atoms with Crippen LogP contribution in [-0.4, -0.2) is 37.1 Å². The highest BCUT2D eigenvalue weighted by molar-refractivity contribution is 6.05. The molecule has 0 bridgehead atoms. The summed E-state index contributed by atoms with van der Waals surface area (Å²) >= 11 is 0. The fourth-order valence-corrected chi connectivity index (χ4v) is 3.43. The van der Waals surface area contributed by atoms with E-state index in [0.29, 0.717) is 5.56 Å². The Morgan fingerprint density at radius 3 is 2.54 bits per heavy atom. The van der Waals surface area contributed by atoms with Crippen molar-refractivity contribution in [2.75, 3.05) is 41.3 Å². The zero-order chi connectivity index (χ0) is 18.4. The number of nitrogens with zero attached hydrogens (tertiary/aromatic N) is 3. The highest BCUT2D eigenvalue weighted by atomic mass is 16.1. The third-order valence-corrected chi connectivity index (χ3v) is 4.81. The van der Waals surface area contributed by atoms with E-state index in [4.69, 9.17) is 0 Å². The van der Waals surface area contributed by atoms with Crippen molar-refractivity contribution < 1.29 is 4.79 Å². The van der Waals surface area contributed by atoms with Crippen LogP contribution >= 0.6 is 0 Å². The Morgan fingerprint density at radius 1 is 1.15 bits per heavy atom. The molecule has 1 N–H and O–H groups in total. The van der Waals surface area contributed by atoms with E-state index in [1.807, 2.05) is 36.4 Å². The molecule has 0 saturated carbocycles. The maximum absolute atomic E-state index is 12.7. The van der Waals surface area contributed by atoms with Crippen LogP contribution in [0, 0.1) is 0 Å². The second kappa shape index (κ2) is 8.70. The first kappa shape index (κ1) is 18.2. The molecule has 1 aliphatic rings. The van der Waals surface area contributed by atoms with E-state index in [1.165, 1.54) is 12.8 Å². The van der Waals surface area contributed by atoms with E-state index >= 15 is 0 Å². The van der Waals surface area contributed by atoms with E-state index in [0.717, 1.165) is 49.8 Å². The maximum Gasteiger partial charge on any atom is 0.255 e. The van der Waals surface area contributed by atoms with Crippen molar-refractivity contribution in [3.8, 4) is 0 Å². The van der Waals surface area contributed by atoms with Gasteiger partial charge in [0.1, 0.15) is 0 Å². The molecule has 3 rings (SSSR count). The fraction of sp³-hybridized carbons (Fsp3) is 0.429. The molecule has 5 nitrogen and oxygen atoms in total. The topological polar surface area (TPSA) is 48.5 Å². The SMILES string of the molecule is CCCN(CC)c1ccc(C(=O)Nc2cccnc2N2CCCC2)cc1. The van der Waals surface area contributed by atoms with Gasteiger partial charge in [0, 0.05) is 43.6 Å². The molecule has 1 saturated heterocycles. The van der Waals surface area contributed by atoms with Gasteiger partial charge in [0.25, 0.3) is 5.91 Å². The van der Waals surface area contributed by atoms with E-state index in [1.54, 1.807) is 6.20 Å². The van der Waals surface area contributed by atoms with Crippen LogP contribution < -0.4 is 15.1 Å². The van der Waals surface area contributed by atoms with Crippen LogP contribution in [-0.2, 0) is 0 Å². The number of hydrogen-bond donors (Lipinski definition) is 1. The molecule has 0 unspecified atom stereocenters. The van der Waals surface area contributed by atoms with Gasteiger partial charge in [-0.05, 0) is 62.6 Å². The summed E-state index contributed by atoms with van der Waals surface area (Å²) in [5.41, 5.74) is 2.60. The number of hydrogen-bond acceptors (Lipinski definition) is 4. The van der Waals surface area contributed by atoms with Crippen LogP contribution in [0.1, 0.15) is 43.5 Å². The molecule has 0 radical (unpaired) electrons. The van der Waals surface area contributed by atoms with Crippen molar-refractivity contribution >= 4 is 23.1 Å². The summed E-state index contributed by atoms with van der Waals surface area (Å²) in [6, 6.07) is 11.6. The molecular formula is C21H28N4O. The van der Waals surface area contributed by atoms with Crippen LogP contribution in [0.25, 0.3) is 0 Å². The predicted octanol–water partition coefficient (Wildman–Crippen LogP) is 4.17. The number of pyridine rings is 1. The smallest absolute Gasteiger partial charge is 0.255 e. The maximum atomic E-state index is 12.7. The molecule has 138 valence electrons. The zero-order valence-corrected chi connectivity index (χ0v) is 15.7. The summed E-state index contributed by atoms with van der Waals surface area (Å²) < 4.78 is 0. The largest absolute Gasteiger partial charge is 0.372 e. The van der Waals surface area contributed by atoms with Crippen molar-refractivity contribution in [3.63, 3.8) is 0 Å². The van der Waals surface area contributed by atoms with Crippen LogP contribution in [0.4, 0.5) is 17.2 Å². The molecule has 1 aromatic heterocycles. The summed E-state index contributed by atoms with van der Waals surface area (Å²) in [6.07, 6.45) is 5.25. The van der Waals surface area contributed by atoms with Gasteiger partial charge < -0.3 is 15.1 Å². The van der Waals surface area contributed by atoms with Gasteiger partial charge in [-0.2, -0.15) is 0 Å². The number of rotatable bonds is 7. The molecule has 2 heterocycles. The van der Waals surface area contributed by atoms with E-state index in [2.05, 4.69) is 33.9 Å². The summed E-state index contributed by atoms with van der Waals surface area (Å²) in [5.74, 6) is 0.776. The summed E-state index contributed by atoms with van der Waals surface area (Å²) in [4.78, 5) is 21.7. The molecule has 26 heavy (non-hydrogen) atoms. The number of aromatic nitrogens is 1. The second-order valence-electron chi connectivity index (χ2n) is 6.65. The standard InChI is InChI=1S/C21H28N4O/c1-3-14-24(4-2)18-11-9-17(10-12-18)21(26)23-19-8-7-13-22-20(19)25-15-5-6-16-25/h7-13H,3-6,14-16H2,1-2H3,(H,23,26). The monoisotopic (exact) mass is 352 g/mol. The van der Waals surface area contributed by atoms with Gasteiger partial charge in [-0.25, -0.2) is 4.98 Å². The van der Waals surface area contributed by atoms with Crippen molar-refractivity contribution in [2.45, 2.75) is 33.1 Å². The zero-order valence-electron chi connectivity index (χ0n) is 15.7. The number of benzene rings is 1. The quantitative estimate of drug-likeness (QED) is 0.812. The first-order valence-electron chi connectivity index (χ1n) is 9.59. The lowest BCUT2D eigenvalue weighted by molar-refractivity contribution is 0.102. The van der Waals surface area contributed by atoms with Crippen LogP contribution in [0.3, 0.4) is 0 Å². The molecule has 1 fully saturated rings. The third kappa shape index (κ3) is 4.15. The molecular weight excluding hydrogens is 324 g/mol. The van der Waals surface area contributed by atoms with Crippen molar-refractivity contribution in [2.24, 2.45) is 0 Å². The average molecular weight is 352 g/mol. The summed E-state index contributed by atoms with van der Waals surface area (Å²) in [7, 11) is 0. The molecule has 0 spiro atoms. The normalized spacial score (nSPS) is 13.7. The van der Waals surface area contributed by atoms with Crippen molar-refractivity contribution in [1.29, 1.82) is 0 Å². The Morgan fingerprint density at radius 2 is 1.88 bits per heavy atom. The fourth-order valence-electron chi connectivity index (χ4n) is 3.43. The number of anilines is 3. The first-order valence-corrected chi connectivity index (χ1v) is 9.59. The van der Waals surface area contributed by atoms with Crippen LogP contribution in [0.5, 0.6) is 0 Å². The molecule has 0 aliphatic carbocycles. The average Bonchev–Trinajstić information content (AvgIpc) is 3.21. The number of carbonyl (C=O) groups excluding carboxylic acids is 1. The van der Waals surface area contributed by atoms with Crippen LogP contribution in [0.2, 0.25) is 0 Å². The van der Waals surface area contributed by atoms with E-state index in [9.17, 15) is 4.79 Å². The number of amides is 1. The molecule has 0 atom stereocenters. The Balaban J connectivity index is 1.72. The van der Waals surface area contributed by atoms with E-state index in [-0.39, 0.29) is 5.91 Å². The Labute approximate surface area is 156 Å². The molecule has 1 amide bonds. The lowest BCUT2D eigenvalue weighted by Gasteiger charge is -2.22. The Bertz CT molecular complexity index is 723. The minimum Gasteiger partial charge on any atom is -0.372 e. The van der Waals surface area contributed by atoms with Gasteiger partial charge >= 0.3 is 0 Å². The molecule has 5 heteroatoms. The summed E-state index contributed by atoms with van der Waals surface area (Å²) in [5, 5.41) is 3.03. The summed E-state index contributed by atoms with van der Waals surface area (Å²) in [6.45, 7) is 8.32. The first-order chi connectivity index (χ1) is 12.7. The van der Waals surface area contributed by atoms with Gasteiger partial charge in [0.2, 0.25) is 0 Å². The third-order valence-electron chi connectivity index (χ3n) is 4.81. The van der Waals surface area contributed by atoms with E-state index < -0.39 is 0 Å². The molecule has 2 aromatic rings. The molecule has 1 aliphatic heterocycles. The van der Waals surface area contributed by atoms with Crippen molar-refractivity contribution in [3.05, 3.63) is 48.2 Å². The van der Waals surface area contributed by atoms with Gasteiger partial charge in [-0.1, -0.05) is 6.92 Å². The number of nitrogens with one attached hydrogen (secondary N) is 1. The second-order valence-corrected chi connectivity index (χ2v) is 6.65. The van der Waals surface area contributed by atoms with Gasteiger partial charge in [-0.15, -0.1) is 0 Å². The number of carbonyl (C=O) groups is 1. The minimum absolute atomic E-state index is 0.0939. The predicted molar refractivity (Wildman–Crippen MR) is 108 cm³/mol. The van der Waals surface area contributed by atoms with Gasteiger partial charge in [0.05, 0.1) is 5.69 Å². The molecule has 1 aromatic carbocycles. The highest BCUT2D eigenvalue weighted by Crippen LogP contribution is 2.26.